The van der Waals surface area contributed by atoms with Crippen molar-refractivity contribution < 1.29 is 14.6 Å². The SMILES string of the molecule is COc1ccc(OC)c(C(O)CN2CCCC2)c1. The number of hydrogen-bond acceptors (Lipinski definition) is 4. The van der Waals surface area contributed by atoms with Gasteiger partial charge in [0.15, 0.2) is 0 Å². The van der Waals surface area contributed by atoms with Gasteiger partial charge in [-0.05, 0) is 44.1 Å². The van der Waals surface area contributed by atoms with Gasteiger partial charge < -0.3 is 19.5 Å². The van der Waals surface area contributed by atoms with E-state index in [0.29, 0.717) is 12.3 Å². The molecule has 1 atom stereocenters. The molecule has 4 nitrogen and oxygen atoms in total. The molecule has 1 aromatic rings. The predicted molar refractivity (Wildman–Crippen MR) is 70.2 cm³/mol. The highest BCUT2D eigenvalue weighted by molar-refractivity contribution is 5.41. The maximum absolute atomic E-state index is 10.3. The number of likely N-dealkylation sites (tertiary alicyclic amines) is 1. The summed E-state index contributed by atoms with van der Waals surface area (Å²) in [6.45, 7) is 2.80. The van der Waals surface area contributed by atoms with E-state index in [1.165, 1.54) is 12.8 Å². The first-order valence-electron chi connectivity index (χ1n) is 6.37. The molecule has 0 aromatic heterocycles. The van der Waals surface area contributed by atoms with Crippen LogP contribution in [0.5, 0.6) is 11.5 Å². The van der Waals surface area contributed by atoms with Crippen LogP contribution in [0.15, 0.2) is 18.2 Å². The zero-order valence-corrected chi connectivity index (χ0v) is 11.1. The molecule has 4 heteroatoms. The van der Waals surface area contributed by atoms with Crippen molar-refractivity contribution in [2.75, 3.05) is 33.9 Å². The van der Waals surface area contributed by atoms with E-state index in [2.05, 4.69) is 4.90 Å². The van der Waals surface area contributed by atoms with Crippen LogP contribution in [-0.2, 0) is 0 Å². The lowest BCUT2D eigenvalue weighted by molar-refractivity contribution is 0.123. The molecular formula is C14H21NO3. The Morgan fingerprint density at radius 2 is 1.94 bits per heavy atom. The number of β-amino-alcohol motifs (C(OH)–C–C–N with tert-alkyl or cyclic N) is 1. The van der Waals surface area contributed by atoms with Crippen molar-refractivity contribution in [3.05, 3.63) is 23.8 Å². The van der Waals surface area contributed by atoms with Gasteiger partial charge in [0.25, 0.3) is 0 Å². The van der Waals surface area contributed by atoms with E-state index in [1.807, 2.05) is 18.2 Å². The molecule has 1 saturated heterocycles. The summed E-state index contributed by atoms with van der Waals surface area (Å²) >= 11 is 0. The van der Waals surface area contributed by atoms with Gasteiger partial charge in [0.05, 0.1) is 20.3 Å². The van der Waals surface area contributed by atoms with Crippen LogP contribution >= 0.6 is 0 Å². The third kappa shape index (κ3) is 2.94. The maximum Gasteiger partial charge on any atom is 0.124 e. The second-order valence-electron chi connectivity index (χ2n) is 4.63. The normalized spacial score (nSPS) is 17.7. The Morgan fingerprint density at radius 1 is 1.22 bits per heavy atom. The molecule has 0 spiro atoms. The van der Waals surface area contributed by atoms with Crippen LogP contribution in [0.3, 0.4) is 0 Å². The standard InChI is InChI=1S/C14H21NO3/c1-17-11-5-6-14(18-2)12(9-11)13(16)10-15-7-3-4-8-15/h5-6,9,13,16H,3-4,7-8,10H2,1-2H3. The van der Waals surface area contributed by atoms with Gasteiger partial charge in [-0.15, -0.1) is 0 Å². The highest BCUT2D eigenvalue weighted by Gasteiger charge is 2.20. The quantitative estimate of drug-likeness (QED) is 0.867. The van der Waals surface area contributed by atoms with E-state index in [9.17, 15) is 5.11 Å². The molecule has 100 valence electrons. The van der Waals surface area contributed by atoms with Crippen LogP contribution in [-0.4, -0.2) is 43.9 Å². The van der Waals surface area contributed by atoms with Gasteiger partial charge in [0.2, 0.25) is 0 Å². The molecule has 1 N–H and O–H groups in total. The van der Waals surface area contributed by atoms with E-state index in [0.717, 1.165) is 24.4 Å². The van der Waals surface area contributed by atoms with Gasteiger partial charge in [0.1, 0.15) is 11.5 Å². The van der Waals surface area contributed by atoms with Crippen LogP contribution in [0.1, 0.15) is 24.5 Å². The van der Waals surface area contributed by atoms with Gasteiger partial charge in [0, 0.05) is 12.1 Å². The number of benzene rings is 1. The van der Waals surface area contributed by atoms with Crippen molar-refractivity contribution in [2.24, 2.45) is 0 Å². The molecule has 2 rings (SSSR count). The third-order valence-electron chi connectivity index (χ3n) is 3.43. The number of methoxy groups -OCH3 is 2. The average molecular weight is 251 g/mol. The highest BCUT2D eigenvalue weighted by atomic mass is 16.5. The molecule has 0 aliphatic carbocycles. The van der Waals surface area contributed by atoms with E-state index < -0.39 is 6.10 Å². The van der Waals surface area contributed by atoms with E-state index in [-0.39, 0.29) is 0 Å². The lowest BCUT2D eigenvalue weighted by atomic mass is 10.1. The minimum atomic E-state index is -0.534. The molecule has 1 fully saturated rings. The molecule has 0 amide bonds. The van der Waals surface area contributed by atoms with Gasteiger partial charge in [-0.25, -0.2) is 0 Å². The zero-order chi connectivity index (χ0) is 13.0. The van der Waals surface area contributed by atoms with Gasteiger partial charge in [-0.1, -0.05) is 0 Å². The van der Waals surface area contributed by atoms with Crippen LogP contribution < -0.4 is 9.47 Å². The Bertz CT molecular complexity index is 389. The largest absolute Gasteiger partial charge is 0.497 e. The summed E-state index contributed by atoms with van der Waals surface area (Å²) in [6.07, 6.45) is 1.91. The lowest BCUT2D eigenvalue weighted by Crippen LogP contribution is -2.25. The van der Waals surface area contributed by atoms with Crippen molar-refractivity contribution in [1.29, 1.82) is 0 Å². The first-order valence-corrected chi connectivity index (χ1v) is 6.37. The fourth-order valence-electron chi connectivity index (χ4n) is 2.41. The minimum Gasteiger partial charge on any atom is -0.497 e. The van der Waals surface area contributed by atoms with Crippen LogP contribution in [0.2, 0.25) is 0 Å². The van der Waals surface area contributed by atoms with Crippen molar-refractivity contribution in [3.63, 3.8) is 0 Å². The molecule has 1 aliphatic rings. The van der Waals surface area contributed by atoms with Gasteiger partial charge in [-0.2, -0.15) is 0 Å². The summed E-state index contributed by atoms with van der Waals surface area (Å²) in [5.41, 5.74) is 0.795. The summed E-state index contributed by atoms with van der Waals surface area (Å²) in [6, 6.07) is 5.52. The number of rotatable bonds is 5. The average Bonchev–Trinajstić information content (AvgIpc) is 2.90. The molecule has 0 radical (unpaired) electrons. The number of hydrogen-bond donors (Lipinski definition) is 1. The summed E-state index contributed by atoms with van der Waals surface area (Å²) in [5.74, 6) is 1.45. The van der Waals surface area contributed by atoms with Crippen LogP contribution in [0.4, 0.5) is 0 Å². The molecule has 0 saturated carbocycles. The fraction of sp³-hybridized carbons (Fsp3) is 0.571. The van der Waals surface area contributed by atoms with Crippen LogP contribution in [0.25, 0.3) is 0 Å². The summed E-state index contributed by atoms with van der Waals surface area (Å²) in [5, 5.41) is 10.3. The monoisotopic (exact) mass is 251 g/mol. The molecule has 1 aromatic carbocycles. The molecular weight excluding hydrogens is 230 g/mol. The summed E-state index contributed by atoms with van der Waals surface area (Å²) < 4.78 is 10.5. The first-order chi connectivity index (χ1) is 8.74. The topological polar surface area (TPSA) is 41.9 Å². The molecule has 0 bridgehead atoms. The molecule has 1 aliphatic heterocycles. The Balaban J connectivity index is 2.13. The molecule has 18 heavy (non-hydrogen) atoms. The zero-order valence-electron chi connectivity index (χ0n) is 11.1. The molecule has 1 heterocycles. The fourth-order valence-corrected chi connectivity index (χ4v) is 2.41. The third-order valence-corrected chi connectivity index (χ3v) is 3.43. The number of ether oxygens (including phenoxy) is 2. The van der Waals surface area contributed by atoms with E-state index in [1.54, 1.807) is 14.2 Å². The second-order valence-corrected chi connectivity index (χ2v) is 4.63. The highest BCUT2D eigenvalue weighted by Crippen LogP contribution is 2.30. The Labute approximate surface area is 108 Å². The van der Waals surface area contributed by atoms with Crippen molar-refractivity contribution in [3.8, 4) is 11.5 Å². The van der Waals surface area contributed by atoms with Crippen molar-refractivity contribution >= 4 is 0 Å². The van der Waals surface area contributed by atoms with Crippen LogP contribution in [0, 0.1) is 0 Å². The van der Waals surface area contributed by atoms with E-state index >= 15 is 0 Å². The van der Waals surface area contributed by atoms with Crippen molar-refractivity contribution in [1.82, 2.24) is 4.90 Å². The Hall–Kier alpha value is -1.26. The maximum atomic E-state index is 10.3. The van der Waals surface area contributed by atoms with Gasteiger partial charge in [-0.3, -0.25) is 0 Å². The van der Waals surface area contributed by atoms with Crippen molar-refractivity contribution in [2.45, 2.75) is 18.9 Å². The smallest absolute Gasteiger partial charge is 0.124 e. The minimum absolute atomic E-state index is 0.534. The second kappa shape index (κ2) is 6.07. The number of nitrogens with zero attached hydrogens (tertiary/aromatic N) is 1. The Morgan fingerprint density at radius 3 is 2.56 bits per heavy atom. The number of aliphatic hydroxyl groups excluding tert-OH is 1. The van der Waals surface area contributed by atoms with Gasteiger partial charge >= 0.3 is 0 Å². The predicted octanol–water partition coefficient (Wildman–Crippen LogP) is 1.83. The summed E-state index contributed by atoms with van der Waals surface area (Å²) in [7, 11) is 3.24. The molecule has 1 unspecified atom stereocenters. The first kappa shape index (κ1) is 13.2. The lowest BCUT2D eigenvalue weighted by Gasteiger charge is -2.21. The van der Waals surface area contributed by atoms with E-state index in [4.69, 9.17) is 9.47 Å². The Kier molecular flexibility index (Phi) is 4.44. The summed E-state index contributed by atoms with van der Waals surface area (Å²) in [4.78, 5) is 2.28. The number of aliphatic hydroxyl groups is 1.